The normalized spacial score (nSPS) is 13.1. The Bertz CT molecular complexity index is 1280. The third kappa shape index (κ3) is 45.2. The van der Waals surface area contributed by atoms with Crippen LogP contribution >= 0.6 is 0 Å². The van der Waals surface area contributed by atoms with Crippen LogP contribution in [0.4, 0.5) is 0 Å². The van der Waals surface area contributed by atoms with E-state index >= 15 is 0 Å². The minimum Gasteiger partial charge on any atom is -0.462 e. The fourth-order valence-corrected chi connectivity index (χ4v) is 6.08. The second-order valence-corrected chi connectivity index (χ2v) is 15.4. The highest BCUT2D eigenvalue weighted by molar-refractivity contribution is 5.71. The Kier molecular flexibility index (Phi) is 44.6. The van der Waals surface area contributed by atoms with Gasteiger partial charge in [-0.25, -0.2) is 0 Å². The first-order chi connectivity index (χ1) is 29.5. The summed E-state index contributed by atoms with van der Waals surface area (Å²) in [7, 11) is 0. The maximum Gasteiger partial charge on any atom is 0.306 e. The molecule has 0 radical (unpaired) electrons. The summed E-state index contributed by atoms with van der Waals surface area (Å²) in [5, 5.41) is 0. The van der Waals surface area contributed by atoms with E-state index in [0.29, 0.717) is 19.3 Å². The minimum atomic E-state index is -0.807. The fourth-order valence-electron chi connectivity index (χ4n) is 6.08. The Hall–Kier alpha value is -3.93. The quantitative estimate of drug-likeness (QED) is 0.0201. The number of rotatable bonds is 41. The van der Waals surface area contributed by atoms with Crippen LogP contribution in [0.15, 0.2) is 109 Å². The van der Waals surface area contributed by atoms with Crippen molar-refractivity contribution in [3.63, 3.8) is 0 Å². The summed E-state index contributed by atoms with van der Waals surface area (Å²) in [5.41, 5.74) is 0. The molecule has 338 valence electrons. The van der Waals surface area contributed by atoms with Crippen LogP contribution in [0.3, 0.4) is 0 Å². The number of unbranched alkanes of at least 4 members (excludes halogenated alkanes) is 17. The van der Waals surface area contributed by atoms with Gasteiger partial charge in [0, 0.05) is 19.3 Å². The Balaban J connectivity index is 4.45. The zero-order chi connectivity index (χ0) is 43.7. The third-order valence-electron chi connectivity index (χ3n) is 9.65. The average molecular weight is 831 g/mol. The van der Waals surface area contributed by atoms with Crippen LogP contribution in [0.25, 0.3) is 0 Å². The Labute approximate surface area is 368 Å². The molecule has 0 aliphatic heterocycles. The van der Waals surface area contributed by atoms with Gasteiger partial charge in [-0.15, -0.1) is 0 Å². The first-order valence-corrected chi connectivity index (χ1v) is 24.0. The average Bonchev–Trinajstić information content (AvgIpc) is 3.24. The number of esters is 3. The Morgan fingerprint density at radius 1 is 0.367 bits per heavy atom. The lowest BCUT2D eigenvalue weighted by Gasteiger charge is -2.18. The first-order valence-electron chi connectivity index (χ1n) is 24.0. The summed E-state index contributed by atoms with van der Waals surface area (Å²) in [4.78, 5) is 37.8. The number of hydrogen-bond donors (Lipinski definition) is 0. The summed E-state index contributed by atoms with van der Waals surface area (Å²) >= 11 is 0. The summed E-state index contributed by atoms with van der Waals surface area (Å²) < 4.78 is 16.7. The van der Waals surface area contributed by atoms with Gasteiger partial charge in [0.05, 0.1) is 0 Å². The third-order valence-corrected chi connectivity index (χ3v) is 9.65. The molecule has 0 amide bonds. The van der Waals surface area contributed by atoms with Gasteiger partial charge < -0.3 is 14.2 Å². The van der Waals surface area contributed by atoms with Crippen LogP contribution < -0.4 is 0 Å². The van der Waals surface area contributed by atoms with Crippen molar-refractivity contribution < 1.29 is 28.6 Å². The van der Waals surface area contributed by atoms with Gasteiger partial charge in [-0.1, -0.05) is 194 Å². The lowest BCUT2D eigenvalue weighted by atomic mass is 10.1. The van der Waals surface area contributed by atoms with Crippen molar-refractivity contribution in [3.8, 4) is 0 Å². The van der Waals surface area contributed by atoms with Crippen molar-refractivity contribution in [2.45, 2.75) is 200 Å². The van der Waals surface area contributed by atoms with Crippen molar-refractivity contribution in [1.82, 2.24) is 0 Å². The summed E-state index contributed by atoms with van der Waals surface area (Å²) in [6.07, 6.45) is 63.6. The molecule has 0 aliphatic carbocycles. The summed E-state index contributed by atoms with van der Waals surface area (Å²) in [6, 6.07) is 0. The van der Waals surface area contributed by atoms with E-state index in [1.807, 2.05) is 0 Å². The molecule has 0 fully saturated rings. The molecule has 0 N–H and O–H groups in total. The lowest BCUT2D eigenvalue weighted by Crippen LogP contribution is -2.30. The molecule has 60 heavy (non-hydrogen) atoms. The monoisotopic (exact) mass is 831 g/mol. The number of hydrogen-bond acceptors (Lipinski definition) is 6. The maximum absolute atomic E-state index is 12.7. The molecular weight excluding hydrogens is 745 g/mol. The highest BCUT2D eigenvalue weighted by Gasteiger charge is 2.19. The van der Waals surface area contributed by atoms with E-state index in [4.69, 9.17) is 14.2 Å². The van der Waals surface area contributed by atoms with Gasteiger partial charge >= 0.3 is 17.9 Å². The SMILES string of the molecule is CC\C=C/C=C\C=C/CCCCCCCCCC(=O)OC(COC(=O)CCCC/C=C\C/C=C\CC)COC(=O)CCCCCCC\C=C/C=C\C=C/C=C\CCCCC. The van der Waals surface area contributed by atoms with Crippen LogP contribution in [0.2, 0.25) is 0 Å². The molecule has 0 aliphatic rings. The second kappa shape index (κ2) is 47.7. The number of carbonyl (C=O) groups excluding carboxylic acids is 3. The van der Waals surface area contributed by atoms with E-state index in [1.165, 1.54) is 38.5 Å². The van der Waals surface area contributed by atoms with Crippen LogP contribution in [-0.2, 0) is 28.6 Å². The smallest absolute Gasteiger partial charge is 0.306 e. The van der Waals surface area contributed by atoms with E-state index in [1.54, 1.807) is 0 Å². The van der Waals surface area contributed by atoms with Gasteiger partial charge in [-0.3, -0.25) is 14.4 Å². The largest absolute Gasteiger partial charge is 0.462 e. The summed E-state index contributed by atoms with van der Waals surface area (Å²) in [5.74, 6) is -0.989. The minimum absolute atomic E-state index is 0.108. The zero-order valence-electron chi connectivity index (χ0n) is 38.4. The predicted octanol–water partition coefficient (Wildman–Crippen LogP) is 15.6. The highest BCUT2D eigenvalue weighted by atomic mass is 16.6. The molecule has 6 heteroatoms. The Morgan fingerprint density at radius 2 is 0.733 bits per heavy atom. The van der Waals surface area contributed by atoms with E-state index in [9.17, 15) is 14.4 Å². The number of ether oxygens (including phenoxy) is 3. The molecule has 0 aromatic heterocycles. The van der Waals surface area contributed by atoms with Crippen LogP contribution in [0.5, 0.6) is 0 Å². The molecular formula is C54H86O6. The van der Waals surface area contributed by atoms with Crippen molar-refractivity contribution in [2.75, 3.05) is 13.2 Å². The molecule has 0 bridgehead atoms. The number of carbonyl (C=O) groups is 3. The molecule has 1 atom stereocenters. The molecule has 0 heterocycles. The highest BCUT2D eigenvalue weighted by Crippen LogP contribution is 2.13. The Morgan fingerprint density at radius 3 is 1.23 bits per heavy atom. The maximum atomic E-state index is 12.7. The second-order valence-electron chi connectivity index (χ2n) is 15.4. The van der Waals surface area contributed by atoms with Gasteiger partial charge in [0.25, 0.3) is 0 Å². The van der Waals surface area contributed by atoms with Gasteiger partial charge in [0.1, 0.15) is 13.2 Å². The van der Waals surface area contributed by atoms with E-state index in [2.05, 4.69) is 130 Å². The molecule has 1 unspecified atom stereocenters. The van der Waals surface area contributed by atoms with E-state index in [0.717, 1.165) is 116 Å². The van der Waals surface area contributed by atoms with Crippen molar-refractivity contribution in [2.24, 2.45) is 0 Å². The predicted molar refractivity (Wildman–Crippen MR) is 256 cm³/mol. The zero-order valence-corrected chi connectivity index (χ0v) is 38.4. The molecule has 6 nitrogen and oxygen atoms in total. The van der Waals surface area contributed by atoms with Crippen LogP contribution in [-0.4, -0.2) is 37.2 Å². The number of allylic oxidation sites excluding steroid dienone is 18. The van der Waals surface area contributed by atoms with Gasteiger partial charge in [0.2, 0.25) is 0 Å². The van der Waals surface area contributed by atoms with E-state index < -0.39 is 6.10 Å². The van der Waals surface area contributed by atoms with Gasteiger partial charge in [0.15, 0.2) is 6.10 Å². The van der Waals surface area contributed by atoms with Gasteiger partial charge in [-0.05, 0) is 89.9 Å². The van der Waals surface area contributed by atoms with Crippen LogP contribution in [0, 0.1) is 0 Å². The van der Waals surface area contributed by atoms with Crippen LogP contribution in [0.1, 0.15) is 194 Å². The molecule has 0 saturated carbocycles. The van der Waals surface area contributed by atoms with Gasteiger partial charge in [-0.2, -0.15) is 0 Å². The van der Waals surface area contributed by atoms with Crippen molar-refractivity contribution in [3.05, 3.63) is 109 Å². The molecule has 0 aromatic carbocycles. The molecule has 0 rings (SSSR count). The summed E-state index contributed by atoms with van der Waals surface area (Å²) in [6.45, 7) is 6.26. The lowest BCUT2D eigenvalue weighted by molar-refractivity contribution is -0.167. The molecule has 0 aromatic rings. The molecule has 0 saturated heterocycles. The topological polar surface area (TPSA) is 78.9 Å². The van der Waals surface area contributed by atoms with Crippen molar-refractivity contribution in [1.29, 1.82) is 0 Å². The fraction of sp³-hybridized carbons (Fsp3) is 0.611. The first kappa shape index (κ1) is 56.1. The van der Waals surface area contributed by atoms with Crippen molar-refractivity contribution >= 4 is 17.9 Å². The molecule has 0 spiro atoms. The standard InChI is InChI=1S/C54H86O6/c1-4-7-10-13-16-19-21-23-25-26-27-29-30-32-35-38-41-44-47-53(56)59-50-51(49-58-52(55)46-43-40-37-34-18-15-12-9-6-3)60-54(57)48-45-42-39-36-33-31-28-24-22-20-17-14-11-8-5-2/h8-9,11-12,14,16-23,25-27,29,34,51H,4-7,10,13,15,24,28,30-33,35-50H2,1-3H3/b11-8-,12-9-,17-14-,19-16-,22-20-,23-21-,26-25-,29-27-,34-18-. The van der Waals surface area contributed by atoms with E-state index in [-0.39, 0.29) is 31.1 Å².